The second-order valence-corrected chi connectivity index (χ2v) is 6.79. The van der Waals surface area contributed by atoms with E-state index in [0.29, 0.717) is 6.04 Å². The van der Waals surface area contributed by atoms with Gasteiger partial charge in [0, 0.05) is 23.0 Å². The molecule has 1 aromatic rings. The van der Waals surface area contributed by atoms with Crippen molar-refractivity contribution in [3.63, 3.8) is 0 Å². The fourth-order valence-corrected chi connectivity index (χ4v) is 3.37. The summed E-state index contributed by atoms with van der Waals surface area (Å²) in [6.45, 7) is 7.58. The van der Waals surface area contributed by atoms with Crippen LogP contribution in [0.4, 0.5) is 0 Å². The Morgan fingerprint density at radius 1 is 1.37 bits per heavy atom. The molecule has 110 valence electrons. The highest BCUT2D eigenvalue weighted by Crippen LogP contribution is 2.31. The first-order valence-electron chi connectivity index (χ1n) is 7.51. The number of hydrogen-bond donors (Lipinski definition) is 1. The number of hydrogen-bond acceptors (Lipinski definition) is 3. The van der Waals surface area contributed by atoms with Gasteiger partial charge in [-0.1, -0.05) is 38.7 Å². The topological polar surface area (TPSA) is 29.3 Å². The molecule has 0 saturated carbocycles. The van der Waals surface area contributed by atoms with Gasteiger partial charge in [0.2, 0.25) is 0 Å². The van der Waals surface area contributed by atoms with Crippen molar-refractivity contribution >= 4 is 11.3 Å². The summed E-state index contributed by atoms with van der Waals surface area (Å²) < 4.78 is 0. The second kappa shape index (κ2) is 8.03. The molecule has 1 aromatic heterocycles. The number of nitrogens with two attached hydrogens (primary N) is 1. The van der Waals surface area contributed by atoms with Crippen LogP contribution in [-0.2, 0) is 0 Å². The van der Waals surface area contributed by atoms with E-state index < -0.39 is 0 Å². The van der Waals surface area contributed by atoms with E-state index in [2.05, 4.69) is 50.2 Å². The minimum absolute atomic E-state index is 0.108. The molecule has 0 aliphatic carbocycles. The quantitative estimate of drug-likeness (QED) is 0.679. The summed E-state index contributed by atoms with van der Waals surface area (Å²) in [5.41, 5.74) is 6.18. The van der Waals surface area contributed by atoms with Gasteiger partial charge in [0.1, 0.15) is 0 Å². The van der Waals surface area contributed by atoms with Crippen molar-refractivity contribution in [2.45, 2.75) is 64.5 Å². The second-order valence-electron chi connectivity index (χ2n) is 5.81. The van der Waals surface area contributed by atoms with E-state index in [1.54, 1.807) is 0 Å². The molecule has 0 aliphatic rings. The smallest absolute Gasteiger partial charge is 0.0416 e. The predicted molar refractivity (Wildman–Crippen MR) is 86.7 cm³/mol. The van der Waals surface area contributed by atoms with Crippen LogP contribution in [0.15, 0.2) is 17.5 Å². The molecule has 0 amide bonds. The van der Waals surface area contributed by atoms with Gasteiger partial charge < -0.3 is 5.73 Å². The van der Waals surface area contributed by atoms with Crippen LogP contribution in [-0.4, -0.2) is 24.0 Å². The SMILES string of the molecule is CCCCCCC(C)(CN)N(C)C(C)c1cccs1. The van der Waals surface area contributed by atoms with Crippen LogP contribution in [0, 0.1) is 0 Å². The molecule has 2 N–H and O–H groups in total. The Labute approximate surface area is 123 Å². The minimum atomic E-state index is 0.108. The third kappa shape index (κ3) is 4.59. The molecule has 0 spiro atoms. The van der Waals surface area contributed by atoms with Crippen LogP contribution in [0.3, 0.4) is 0 Å². The van der Waals surface area contributed by atoms with Gasteiger partial charge in [0.15, 0.2) is 0 Å². The first kappa shape index (κ1) is 16.7. The summed E-state index contributed by atoms with van der Waals surface area (Å²) in [5, 5.41) is 2.15. The van der Waals surface area contributed by atoms with Gasteiger partial charge in [-0.05, 0) is 38.8 Å². The third-order valence-corrected chi connectivity index (χ3v) is 5.44. The lowest BCUT2D eigenvalue weighted by Crippen LogP contribution is -2.50. The summed E-state index contributed by atoms with van der Waals surface area (Å²) >= 11 is 1.84. The van der Waals surface area contributed by atoms with Crippen molar-refractivity contribution in [1.82, 2.24) is 4.90 Å². The number of likely N-dealkylation sites (N-methyl/N-ethyl adjacent to an activating group) is 1. The summed E-state index contributed by atoms with van der Waals surface area (Å²) in [5.74, 6) is 0. The van der Waals surface area contributed by atoms with E-state index in [1.165, 1.54) is 37.0 Å². The lowest BCUT2D eigenvalue weighted by Gasteiger charge is -2.42. The lowest BCUT2D eigenvalue weighted by molar-refractivity contribution is 0.0906. The molecule has 3 heteroatoms. The highest BCUT2D eigenvalue weighted by molar-refractivity contribution is 7.10. The lowest BCUT2D eigenvalue weighted by atomic mass is 9.91. The van der Waals surface area contributed by atoms with E-state index in [4.69, 9.17) is 5.73 Å². The zero-order valence-corrected chi connectivity index (χ0v) is 13.8. The maximum Gasteiger partial charge on any atom is 0.0416 e. The van der Waals surface area contributed by atoms with Crippen molar-refractivity contribution in [3.8, 4) is 0 Å². The van der Waals surface area contributed by atoms with Gasteiger partial charge in [-0.25, -0.2) is 0 Å². The fourth-order valence-electron chi connectivity index (χ4n) is 2.54. The van der Waals surface area contributed by atoms with Crippen LogP contribution in [0.2, 0.25) is 0 Å². The van der Waals surface area contributed by atoms with E-state index in [1.807, 2.05) is 11.3 Å². The number of thiophene rings is 1. The Bertz CT molecular complexity index is 337. The van der Waals surface area contributed by atoms with Gasteiger partial charge in [0.05, 0.1) is 0 Å². The Kier molecular flexibility index (Phi) is 7.05. The molecule has 0 fully saturated rings. The predicted octanol–water partition coefficient (Wildman–Crippen LogP) is 4.43. The van der Waals surface area contributed by atoms with Crippen molar-refractivity contribution in [2.24, 2.45) is 5.73 Å². The Balaban J connectivity index is 2.60. The van der Waals surface area contributed by atoms with Gasteiger partial charge in [-0.2, -0.15) is 0 Å². The first-order valence-corrected chi connectivity index (χ1v) is 8.39. The van der Waals surface area contributed by atoms with Gasteiger partial charge in [0.25, 0.3) is 0 Å². The average Bonchev–Trinajstić information content (AvgIpc) is 2.95. The third-order valence-electron chi connectivity index (χ3n) is 4.40. The largest absolute Gasteiger partial charge is 0.329 e. The summed E-state index contributed by atoms with van der Waals surface area (Å²) in [7, 11) is 2.22. The van der Waals surface area contributed by atoms with Crippen LogP contribution < -0.4 is 5.73 Å². The van der Waals surface area contributed by atoms with Crippen molar-refractivity contribution in [3.05, 3.63) is 22.4 Å². The van der Waals surface area contributed by atoms with Crippen LogP contribution in [0.5, 0.6) is 0 Å². The fraction of sp³-hybridized carbons (Fsp3) is 0.750. The van der Waals surface area contributed by atoms with Crippen LogP contribution in [0.25, 0.3) is 0 Å². The molecule has 2 unspecified atom stereocenters. The number of unbranched alkanes of at least 4 members (excludes halogenated alkanes) is 3. The molecular formula is C16H30N2S. The standard InChI is InChI=1S/C16H30N2S/c1-5-6-7-8-11-16(3,13-17)18(4)14(2)15-10-9-12-19-15/h9-10,12,14H,5-8,11,13,17H2,1-4H3. The molecule has 0 saturated heterocycles. The zero-order valence-electron chi connectivity index (χ0n) is 13.0. The van der Waals surface area contributed by atoms with E-state index in [-0.39, 0.29) is 5.54 Å². The van der Waals surface area contributed by atoms with Crippen LogP contribution >= 0.6 is 11.3 Å². The molecular weight excluding hydrogens is 252 g/mol. The molecule has 1 heterocycles. The van der Waals surface area contributed by atoms with E-state index in [9.17, 15) is 0 Å². The Morgan fingerprint density at radius 2 is 2.11 bits per heavy atom. The molecule has 2 nitrogen and oxygen atoms in total. The molecule has 0 aliphatic heterocycles. The summed E-state index contributed by atoms with van der Waals surface area (Å²) in [6.07, 6.45) is 6.43. The van der Waals surface area contributed by atoms with E-state index in [0.717, 1.165) is 6.54 Å². The van der Waals surface area contributed by atoms with Crippen LogP contribution in [0.1, 0.15) is 63.8 Å². The maximum atomic E-state index is 6.08. The monoisotopic (exact) mass is 282 g/mol. The average molecular weight is 282 g/mol. The highest BCUT2D eigenvalue weighted by Gasteiger charge is 2.31. The zero-order chi connectivity index (χ0) is 14.3. The van der Waals surface area contributed by atoms with Crippen molar-refractivity contribution in [2.75, 3.05) is 13.6 Å². The Hall–Kier alpha value is -0.380. The van der Waals surface area contributed by atoms with Gasteiger partial charge in [-0.3, -0.25) is 4.90 Å². The Morgan fingerprint density at radius 3 is 2.63 bits per heavy atom. The summed E-state index contributed by atoms with van der Waals surface area (Å²) in [4.78, 5) is 3.89. The summed E-state index contributed by atoms with van der Waals surface area (Å²) in [6, 6.07) is 4.80. The van der Waals surface area contributed by atoms with Gasteiger partial charge in [-0.15, -0.1) is 11.3 Å². The van der Waals surface area contributed by atoms with Gasteiger partial charge >= 0.3 is 0 Å². The first-order chi connectivity index (χ1) is 9.05. The molecule has 2 atom stereocenters. The molecule has 0 bridgehead atoms. The number of rotatable bonds is 9. The highest BCUT2D eigenvalue weighted by atomic mass is 32.1. The molecule has 1 rings (SSSR count). The molecule has 0 aromatic carbocycles. The normalized spacial score (nSPS) is 16.5. The van der Waals surface area contributed by atoms with Crippen molar-refractivity contribution in [1.29, 1.82) is 0 Å². The minimum Gasteiger partial charge on any atom is -0.329 e. The number of nitrogens with zero attached hydrogens (tertiary/aromatic N) is 1. The molecule has 0 radical (unpaired) electrons. The van der Waals surface area contributed by atoms with Crippen molar-refractivity contribution < 1.29 is 0 Å². The molecule has 19 heavy (non-hydrogen) atoms. The van der Waals surface area contributed by atoms with E-state index >= 15 is 0 Å². The maximum absolute atomic E-state index is 6.08.